The second-order valence-electron chi connectivity index (χ2n) is 3.55. The third-order valence-corrected chi connectivity index (χ3v) is 2.60. The van der Waals surface area contributed by atoms with E-state index in [2.05, 4.69) is 5.16 Å². The number of hydrogen-bond donors (Lipinski definition) is 2. The third-order valence-electron chi connectivity index (χ3n) is 2.16. The Morgan fingerprint density at radius 1 is 1.41 bits per heavy atom. The van der Waals surface area contributed by atoms with E-state index in [-0.39, 0.29) is 11.9 Å². The normalized spacial score (nSPS) is 13.5. The van der Waals surface area contributed by atoms with Crippen LogP contribution in [0.25, 0.3) is 0 Å². The maximum absolute atomic E-state index is 8.50. The summed E-state index contributed by atoms with van der Waals surface area (Å²) in [6.45, 7) is 1.95. The van der Waals surface area contributed by atoms with Crippen LogP contribution in [-0.4, -0.2) is 17.1 Å². The van der Waals surface area contributed by atoms with Crippen molar-refractivity contribution in [3.8, 4) is 5.75 Å². The average molecular weight is 277 g/mol. The van der Waals surface area contributed by atoms with Crippen molar-refractivity contribution < 1.29 is 9.94 Å². The molecule has 0 bridgehead atoms. The quantitative estimate of drug-likeness (QED) is 0.375. The molecule has 4 nitrogen and oxygen atoms in total. The summed E-state index contributed by atoms with van der Waals surface area (Å²) in [5, 5.41) is 12.4. The van der Waals surface area contributed by atoms with E-state index in [4.69, 9.17) is 38.9 Å². The van der Waals surface area contributed by atoms with E-state index in [1.165, 1.54) is 0 Å². The van der Waals surface area contributed by atoms with Crippen LogP contribution in [0.3, 0.4) is 0 Å². The van der Waals surface area contributed by atoms with Gasteiger partial charge in [-0.05, 0) is 24.6 Å². The molecule has 0 fully saturated rings. The minimum Gasteiger partial charge on any atom is -0.490 e. The lowest BCUT2D eigenvalue weighted by Gasteiger charge is -2.17. The van der Waals surface area contributed by atoms with Crippen LogP contribution in [0.5, 0.6) is 5.75 Å². The SMILES string of the molecule is CCC(C/C(N)=N/O)Oc1cc(Cl)cc(Cl)c1. The topological polar surface area (TPSA) is 67.8 Å². The number of oxime groups is 1. The monoisotopic (exact) mass is 276 g/mol. The van der Waals surface area contributed by atoms with Gasteiger partial charge < -0.3 is 15.7 Å². The van der Waals surface area contributed by atoms with Gasteiger partial charge in [0.15, 0.2) is 0 Å². The van der Waals surface area contributed by atoms with Crippen LogP contribution in [0.4, 0.5) is 0 Å². The molecule has 1 aromatic carbocycles. The standard InChI is InChI=1S/C11H14Cl2N2O2/c1-2-9(6-11(14)15-16)17-10-4-7(12)3-8(13)5-10/h3-5,9,16H,2,6H2,1H3,(H2,14,15). The first-order valence-electron chi connectivity index (χ1n) is 5.14. The summed E-state index contributed by atoms with van der Waals surface area (Å²) in [7, 11) is 0. The molecule has 0 heterocycles. The second-order valence-corrected chi connectivity index (χ2v) is 4.42. The lowest BCUT2D eigenvalue weighted by Crippen LogP contribution is -2.24. The molecular formula is C11H14Cl2N2O2. The molecule has 1 rings (SSSR count). The molecule has 17 heavy (non-hydrogen) atoms. The molecule has 0 aliphatic carbocycles. The molecule has 0 saturated carbocycles. The Bertz CT molecular complexity index is 390. The number of nitrogens with two attached hydrogens (primary N) is 1. The van der Waals surface area contributed by atoms with Gasteiger partial charge in [0.2, 0.25) is 0 Å². The van der Waals surface area contributed by atoms with Crippen molar-refractivity contribution in [2.45, 2.75) is 25.9 Å². The first kappa shape index (κ1) is 13.9. The van der Waals surface area contributed by atoms with E-state index >= 15 is 0 Å². The van der Waals surface area contributed by atoms with E-state index < -0.39 is 0 Å². The number of hydrogen-bond acceptors (Lipinski definition) is 3. The highest BCUT2D eigenvalue weighted by Crippen LogP contribution is 2.25. The number of nitrogens with zero attached hydrogens (tertiary/aromatic N) is 1. The van der Waals surface area contributed by atoms with Crippen molar-refractivity contribution in [3.05, 3.63) is 28.2 Å². The highest BCUT2D eigenvalue weighted by molar-refractivity contribution is 6.34. The summed E-state index contributed by atoms with van der Waals surface area (Å²) in [6, 6.07) is 4.96. The van der Waals surface area contributed by atoms with Crippen LogP contribution in [0.2, 0.25) is 10.0 Å². The van der Waals surface area contributed by atoms with Crippen LogP contribution in [-0.2, 0) is 0 Å². The molecule has 0 amide bonds. The van der Waals surface area contributed by atoms with E-state index in [9.17, 15) is 0 Å². The molecule has 94 valence electrons. The second kappa shape index (κ2) is 6.57. The molecule has 3 N–H and O–H groups in total. The Balaban J connectivity index is 2.73. The Hall–Kier alpha value is -1.13. The van der Waals surface area contributed by atoms with Crippen LogP contribution in [0.15, 0.2) is 23.4 Å². The Labute approximate surface area is 110 Å². The first-order valence-corrected chi connectivity index (χ1v) is 5.90. The smallest absolute Gasteiger partial charge is 0.142 e. The van der Waals surface area contributed by atoms with Gasteiger partial charge in [-0.3, -0.25) is 0 Å². The fraction of sp³-hybridized carbons (Fsp3) is 0.364. The molecule has 0 aliphatic heterocycles. The fourth-order valence-corrected chi connectivity index (χ4v) is 1.84. The molecule has 0 saturated heterocycles. The third kappa shape index (κ3) is 4.71. The van der Waals surface area contributed by atoms with Crippen molar-refractivity contribution in [3.63, 3.8) is 0 Å². The minimum absolute atomic E-state index is 0.130. The van der Waals surface area contributed by atoms with Crippen molar-refractivity contribution in [1.29, 1.82) is 0 Å². The maximum atomic E-state index is 8.50. The summed E-state index contributed by atoms with van der Waals surface area (Å²) in [6.07, 6.45) is 0.887. The van der Waals surface area contributed by atoms with Gasteiger partial charge in [-0.25, -0.2) is 0 Å². The van der Waals surface area contributed by atoms with Gasteiger partial charge in [0.25, 0.3) is 0 Å². The molecule has 0 aliphatic rings. The Kier molecular flexibility index (Phi) is 5.38. The van der Waals surface area contributed by atoms with E-state index in [1.807, 2.05) is 6.92 Å². The average Bonchev–Trinajstić information content (AvgIpc) is 2.26. The van der Waals surface area contributed by atoms with E-state index in [1.54, 1.807) is 18.2 Å². The van der Waals surface area contributed by atoms with Crippen molar-refractivity contribution in [1.82, 2.24) is 0 Å². The molecule has 1 atom stereocenters. The maximum Gasteiger partial charge on any atom is 0.142 e. The molecule has 0 spiro atoms. The molecule has 0 radical (unpaired) electrons. The van der Waals surface area contributed by atoms with Gasteiger partial charge in [0.1, 0.15) is 17.7 Å². The van der Waals surface area contributed by atoms with Crippen LogP contribution in [0, 0.1) is 0 Å². The Morgan fingerprint density at radius 3 is 2.47 bits per heavy atom. The summed E-state index contributed by atoms with van der Waals surface area (Å²) in [5.41, 5.74) is 5.43. The van der Waals surface area contributed by atoms with Crippen LogP contribution >= 0.6 is 23.2 Å². The molecule has 0 aromatic heterocycles. The first-order chi connectivity index (χ1) is 8.05. The summed E-state index contributed by atoms with van der Waals surface area (Å²) >= 11 is 11.7. The van der Waals surface area contributed by atoms with Crippen LogP contribution < -0.4 is 10.5 Å². The number of rotatable bonds is 5. The lowest BCUT2D eigenvalue weighted by atomic mass is 10.2. The molecule has 1 unspecified atom stereocenters. The summed E-state index contributed by atoms with van der Waals surface area (Å²) in [5.74, 6) is 0.699. The van der Waals surface area contributed by atoms with Crippen molar-refractivity contribution in [2.24, 2.45) is 10.9 Å². The van der Waals surface area contributed by atoms with Gasteiger partial charge >= 0.3 is 0 Å². The van der Waals surface area contributed by atoms with Gasteiger partial charge in [-0.1, -0.05) is 35.3 Å². The van der Waals surface area contributed by atoms with Gasteiger partial charge in [-0.15, -0.1) is 0 Å². The van der Waals surface area contributed by atoms with Crippen LogP contribution in [0.1, 0.15) is 19.8 Å². The number of halogens is 2. The zero-order chi connectivity index (χ0) is 12.8. The molecular weight excluding hydrogens is 263 g/mol. The molecule has 6 heteroatoms. The largest absolute Gasteiger partial charge is 0.490 e. The zero-order valence-electron chi connectivity index (χ0n) is 9.36. The predicted octanol–water partition coefficient (Wildman–Crippen LogP) is 3.29. The number of benzene rings is 1. The zero-order valence-corrected chi connectivity index (χ0v) is 10.9. The number of ether oxygens (including phenoxy) is 1. The van der Waals surface area contributed by atoms with E-state index in [0.29, 0.717) is 22.2 Å². The summed E-state index contributed by atoms with van der Waals surface area (Å²) in [4.78, 5) is 0. The van der Waals surface area contributed by atoms with Crippen molar-refractivity contribution in [2.75, 3.05) is 0 Å². The summed E-state index contributed by atoms with van der Waals surface area (Å²) < 4.78 is 5.66. The lowest BCUT2D eigenvalue weighted by molar-refractivity contribution is 0.202. The van der Waals surface area contributed by atoms with Crippen molar-refractivity contribution >= 4 is 29.0 Å². The minimum atomic E-state index is -0.180. The van der Waals surface area contributed by atoms with E-state index in [0.717, 1.165) is 6.42 Å². The Morgan fingerprint density at radius 2 is 2.00 bits per heavy atom. The highest BCUT2D eigenvalue weighted by atomic mass is 35.5. The number of amidine groups is 1. The van der Waals surface area contributed by atoms with Gasteiger partial charge in [0, 0.05) is 16.5 Å². The predicted molar refractivity (Wildman–Crippen MR) is 69.2 cm³/mol. The molecule has 1 aromatic rings. The highest BCUT2D eigenvalue weighted by Gasteiger charge is 2.11. The fourth-order valence-electron chi connectivity index (χ4n) is 1.33. The van der Waals surface area contributed by atoms with Gasteiger partial charge in [-0.2, -0.15) is 0 Å². The van der Waals surface area contributed by atoms with Gasteiger partial charge in [0.05, 0.1) is 0 Å².